The lowest BCUT2D eigenvalue weighted by atomic mass is 9.96. The minimum Gasteiger partial charge on any atom is -0.397 e. The minimum atomic E-state index is -1.33. The molecule has 16 heavy (non-hydrogen) atoms. The highest BCUT2D eigenvalue weighted by Gasteiger charge is 2.12. The molecule has 0 aromatic heterocycles. The first-order chi connectivity index (χ1) is 7.86. The molecule has 1 aliphatic carbocycles. The lowest BCUT2D eigenvalue weighted by Gasteiger charge is -2.16. The van der Waals surface area contributed by atoms with Gasteiger partial charge >= 0.3 is 9.28 Å². The van der Waals surface area contributed by atoms with Crippen LogP contribution in [0.2, 0.25) is 6.04 Å². The SMILES string of the molecule is CCO[SiH](CCCC1=CCCCC1)OCC. The van der Waals surface area contributed by atoms with E-state index in [0.29, 0.717) is 0 Å². The molecule has 2 nitrogen and oxygen atoms in total. The highest BCUT2D eigenvalue weighted by Crippen LogP contribution is 2.22. The van der Waals surface area contributed by atoms with Crippen LogP contribution in [0.4, 0.5) is 0 Å². The molecule has 0 radical (unpaired) electrons. The van der Waals surface area contributed by atoms with Crippen molar-refractivity contribution in [1.82, 2.24) is 0 Å². The van der Waals surface area contributed by atoms with Crippen molar-refractivity contribution in [2.45, 2.75) is 58.4 Å². The normalized spacial score (nSPS) is 16.6. The monoisotopic (exact) mass is 242 g/mol. The van der Waals surface area contributed by atoms with Gasteiger partial charge in [0.2, 0.25) is 0 Å². The zero-order chi connectivity index (χ0) is 11.6. The molecule has 0 spiro atoms. The number of hydrogen-bond donors (Lipinski definition) is 0. The number of rotatable bonds is 8. The number of hydrogen-bond acceptors (Lipinski definition) is 2. The average Bonchev–Trinajstić information content (AvgIpc) is 2.31. The zero-order valence-corrected chi connectivity index (χ0v) is 12.0. The van der Waals surface area contributed by atoms with Crippen LogP contribution in [0, 0.1) is 0 Å². The molecule has 0 aromatic carbocycles. The Morgan fingerprint density at radius 1 is 1.19 bits per heavy atom. The Balaban J connectivity index is 2.13. The Morgan fingerprint density at radius 2 is 1.94 bits per heavy atom. The third-order valence-electron chi connectivity index (χ3n) is 3.03. The first kappa shape index (κ1) is 13.9. The van der Waals surface area contributed by atoms with Gasteiger partial charge in [-0.3, -0.25) is 0 Å². The van der Waals surface area contributed by atoms with Crippen LogP contribution >= 0.6 is 0 Å². The lowest BCUT2D eigenvalue weighted by Crippen LogP contribution is -2.22. The van der Waals surface area contributed by atoms with Gasteiger partial charge in [0.05, 0.1) is 0 Å². The lowest BCUT2D eigenvalue weighted by molar-refractivity contribution is 0.213. The predicted octanol–water partition coefficient (Wildman–Crippen LogP) is 3.56. The Labute approximate surface area is 102 Å². The molecule has 0 heterocycles. The first-order valence-corrected chi connectivity index (χ1v) is 8.53. The molecule has 1 rings (SSSR count). The molecular formula is C13H26O2Si. The van der Waals surface area contributed by atoms with Crippen LogP contribution in [0.5, 0.6) is 0 Å². The largest absolute Gasteiger partial charge is 0.397 e. The Morgan fingerprint density at radius 3 is 2.50 bits per heavy atom. The quantitative estimate of drug-likeness (QED) is 0.478. The first-order valence-electron chi connectivity index (χ1n) is 6.78. The van der Waals surface area contributed by atoms with Gasteiger partial charge in [-0.15, -0.1) is 0 Å². The summed E-state index contributed by atoms with van der Waals surface area (Å²) >= 11 is 0. The van der Waals surface area contributed by atoms with Gasteiger partial charge in [0.1, 0.15) is 0 Å². The van der Waals surface area contributed by atoms with Crippen LogP contribution in [0.3, 0.4) is 0 Å². The van der Waals surface area contributed by atoms with Crippen LogP contribution in [-0.4, -0.2) is 22.5 Å². The van der Waals surface area contributed by atoms with Crippen molar-refractivity contribution in [2.24, 2.45) is 0 Å². The molecule has 0 saturated carbocycles. The molecule has 3 heteroatoms. The fraction of sp³-hybridized carbons (Fsp3) is 0.846. The molecule has 0 atom stereocenters. The van der Waals surface area contributed by atoms with E-state index in [4.69, 9.17) is 8.85 Å². The maximum Gasteiger partial charge on any atom is 0.321 e. The van der Waals surface area contributed by atoms with E-state index >= 15 is 0 Å². The summed E-state index contributed by atoms with van der Waals surface area (Å²) in [7, 11) is -1.33. The summed E-state index contributed by atoms with van der Waals surface area (Å²) in [5.41, 5.74) is 1.67. The van der Waals surface area contributed by atoms with Crippen molar-refractivity contribution < 1.29 is 8.85 Å². The van der Waals surface area contributed by atoms with Crippen molar-refractivity contribution in [3.63, 3.8) is 0 Å². The highest BCUT2D eigenvalue weighted by atomic mass is 28.3. The van der Waals surface area contributed by atoms with Gasteiger partial charge in [0, 0.05) is 13.2 Å². The van der Waals surface area contributed by atoms with Crippen LogP contribution in [0.1, 0.15) is 52.4 Å². The van der Waals surface area contributed by atoms with Gasteiger partial charge in [-0.25, -0.2) is 0 Å². The molecule has 0 fully saturated rings. The van der Waals surface area contributed by atoms with Gasteiger partial charge in [0.15, 0.2) is 0 Å². The van der Waals surface area contributed by atoms with E-state index in [-0.39, 0.29) is 0 Å². The van der Waals surface area contributed by atoms with Gasteiger partial charge < -0.3 is 8.85 Å². The molecule has 0 amide bonds. The standard InChI is InChI=1S/C13H26O2Si/c1-3-14-16(15-4-2)12-8-11-13-9-6-5-7-10-13/h9,16H,3-8,10-12H2,1-2H3. The van der Waals surface area contributed by atoms with Crippen molar-refractivity contribution in [1.29, 1.82) is 0 Å². The second-order valence-electron chi connectivity index (χ2n) is 4.34. The topological polar surface area (TPSA) is 18.5 Å². The zero-order valence-electron chi connectivity index (χ0n) is 10.8. The van der Waals surface area contributed by atoms with Crippen molar-refractivity contribution in [2.75, 3.05) is 13.2 Å². The van der Waals surface area contributed by atoms with E-state index < -0.39 is 9.28 Å². The van der Waals surface area contributed by atoms with E-state index in [9.17, 15) is 0 Å². The molecule has 0 unspecified atom stereocenters. The molecule has 0 N–H and O–H groups in total. The molecule has 0 aromatic rings. The Bertz CT molecular complexity index is 198. The van der Waals surface area contributed by atoms with E-state index in [1.165, 1.54) is 44.6 Å². The Hall–Kier alpha value is -0.123. The second-order valence-corrected chi connectivity index (χ2v) is 6.44. The number of allylic oxidation sites excluding steroid dienone is 2. The van der Waals surface area contributed by atoms with E-state index in [1.807, 2.05) is 0 Å². The fourth-order valence-corrected chi connectivity index (χ4v) is 3.92. The molecule has 1 aliphatic rings. The van der Waals surface area contributed by atoms with E-state index in [2.05, 4.69) is 19.9 Å². The molecule has 0 saturated heterocycles. The van der Waals surface area contributed by atoms with Crippen LogP contribution < -0.4 is 0 Å². The predicted molar refractivity (Wildman–Crippen MR) is 71.0 cm³/mol. The van der Waals surface area contributed by atoms with Gasteiger partial charge in [0.25, 0.3) is 0 Å². The van der Waals surface area contributed by atoms with Crippen LogP contribution in [-0.2, 0) is 8.85 Å². The van der Waals surface area contributed by atoms with Crippen molar-refractivity contribution in [3.8, 4) is 0 Å². The van der Waals surface area contributed by atoms with Gasteiger partial charge in [-0.2, -0.15) is 0 Å². The summed E-state index contributed by atoms with van der Waals surface area (Å²) in [5.74, 6) is 0. The molecule has 0 aliphatic heterocycles. The third-order valence-corrected chi connectivity index (χ3v) is 5.32. The smallest absolute Gasteiger partial charge is 0.321 e. The Kier molecular flexibility index (Phi) is 7.81. The van der Waals surface area contributed by atoms with Crippen molar-refractivity contribution in [3.05, 3.63) is 11.6 Å². The fourth-order valence-electron chi connectivity index (χ4n) is 2.21. The maximum atomic E-state index is 5.67. The summed E-state index contributed by atoms with van der Waals surface area (Å²) in [6.45, 7) is 5.73. The van der Waals surface area contributed by atoms with Gasteiger partial charge in [-0.1, -0.05) is 11.6 Å². The van der Waals surface area contributed by atoms with Crippen molar-refractivity contribution >= 4 is 9.28 Å². The summed E-state index contributed by atoms with van der Waals surface area (Å²) < 4.78 is 11.3. The molecule has 94 valence electrons. The van der Waals surface area contributed by atoms with E-state index in [0.717, 1.165) is 13.2 Å². The summed E-state index contributed by atoms with van der Waals surface area (Å²) in [5, 5.41) is 0. The van der Waals surface area contributed by atoms with Crippen LogP contribution in [0.15, 0.2) is 11.6 Å². The third kappa shape index (κ3) is 5.82. The molecule has 0 bridgehead atoms. The minimum absolute atomic E-state index is 0.805. The maximum absolute atomic E-state index is 5.67. The summed E-state index contributed by atoms with van der Waals surface area (Å²) in [6, 6.07) is 1.17. The van der Waals surface area contributed by atoms with Crippen LogP contribution in [0.25, 0.3) is 0 Å². The van der Waals surface area contributed by atoms with Gasteiger partial charge in [-0.05, 0) is 58.4 Å². The summed E-state index contributed by atoms with van der Waals surface area (Å²) in [4.78, 5) is 0. The van der Waals surface area contributed by atoms with E-state index in [1.54, 1.807) is 5.57 Å². The molecular weight excluding hydrogens is 216 g/mol. The average molecular weight is 242 g/mol. The highest BCUT2D eigenvalue weighted by molar-refractivity contribution is 6.44. The summed E-state index contributed by atoms with van der Waals surface area (Å²) in [6.07, 6.45) is 10.4. The second kappa shape index (κ2) is 8.96.